The number of carbonyl (C=O) groups excluding carboxylic acids is 1. The highest BCUT2D eigenvalue weighted by Gasteiger charge is 2.11. The van der Waals surface area contributed by atoms with E-state index in [0.29, 0.717) is 18.0 Å². The number of benzene rings is 1. The number of nitrogens with zero attached hydrogens (tertiary/aromatic N) is 3. The Labute approximate surface area is 116 Å². The molecule has 104 valence electrons. The van der Waals surface area contributed by atoms with Gasteiger partial charge in [-0.15, -0.1) is 5.10 Å². The lowest BCUT2D eigenvalue weighted by Crippen LogP contribution is -2.02. The van der Waals surface area contributed by atoms with Crippen molar-refractivity contribution in [3.05, 3.63) is 42.2 Å². The van der Waals surface area contributed by atoms with Gasteiger partial charge in [-0.3, -0.25) is 0 Å². The summed E-state index contributed by atoms with van der Waals surface area (Å²) in [6.07, 6.45) is 1.35. The van der Waals surface area contributed by atoms with E-state index in [2.05, 4.69) is 10.1 Å². The first-order chi connectivity index (χ1) is 9.61. The number of allylic oxidation sites excluding steroid dienone is 1. The van der Waals surface area contributed by atoms with Crippen LogP contribution in [0.3, 0.4) is 0 Å². The van der Waals surface area contributed by atoms with Gasteiger partial charge in [0.2, 0.25) is 5.95 Å². The van der Waals surface area contributed by atoms with Crippen LogP contribution < -0.4 is 5.73 Å². The molecule has 1 aromatic carbocycles. The van der Waals surface area contributed by atoms with E-state index in [0.717, 1.165) is 5.69 Å². The summed E-state index contributed by atoms with van der Waals surface area (Å²) >= 11 is 0. The van der Waals surface area contributed by atoms with Crippen molar-refractivity contribution >= 4 is 17.5 Å². The van der Waals surface area contributed by atoms with E-state index >= 15 is 0 Å². The summed E-state index contributed by atoms with van der Waals surface area (Å²) in [7, 11) is 0. The first-order valence-electron chi connectivity index (χ1n) is 6.25. The lowest BCUT2D eigenvalue weighted by Gasteiger charge is -2.00. The molecular formula is C14H16N4O2. The number of nitrogens with two attached hydrogens (primary N) is 1. The highest BCUT2D eigenvalue weighted by molar-refractivity contribution is 5.89. The third kappa shape index (κ3) is 3.03. The number of rotatable bonds is 4. The Morgan fingerprint density at radius 1 is 1.40 bits per heavy atom. The molecule has 0 aliphatic carbocycles. The third-order valence-corrected chi connectivity index (χ3v) is 2.61. The molecule has 0 amide bonds. The predicted molar refractivity (Wildman–Crippen MR) is 76.1 cm³/mol. The van der Waals surface area contributed by atoms with Crippen molar-refractivity contribution in [2.45, 2.75) is 13.8 Å². The second kappa shape index (κ2) is 6.01. The first kappa shape index (κ1) is 13.8. The van der Waals surface area contributed by atoms with Gasteiger partial charge in [-0.2, -0.15) is 9.67 Å². The normalized spacial score (nSPS) is 11.4. The van der Waals surface area contributed by atoms with Gasteiger partial charge in [0.15, 0.2) is 5.82 Å². The van der Waals surface area contributed by atoms with Crippen LogP contribution >= 0.6 is 0 Å². The SMILES string of the molecule is CCOC(=O)/C=C(\C)c1nc(N)n(-c2ccccc2)n1. The largest absolute Gasteiger partial charge is 0.463 e. The van der Waals surface area contributed by atoms with Gasteiger partial charge in [0, 0.05) is 11.6 Å². The van der Waals surface area contributed by atoms with Crippen LogP contribution in [0.15, 0.2) is 36.4 Å². The van der Waals surface area contributed by atoms with E-state index in [1.165, 1.54) is 10.8 Å². The molecule has 1 aromatic heterocycles. The van der Waals surface area contributed by atoms with Crippen molar-refractivity contribution in [1.29, 1.82) is 0 Å². The maximum absolute atomic E-state index is 11.4. The zero-order valence-electron chi connectivity index (χ0n) is 11.4. The molecule has 1 heterocycles. The van der Waals surface area contributed by atoms with Crippen molar-refractivity contribution < 1.29 is 9.53 Å². The van der Waals surface area contributed by atoms with Crippen LogP contribution in [0.1, 0.15) is 19.7 Å². The molecule has 0 fully saturated rings. The summed E-state index contributed by atoms with van der Waals surface area (Å²) in [5.41, 5.74) is 7.26. The van der Waals surface area contributed by atoms with Gasteiger partial charge in [-0.1, -0.05) is 18.2 Å². The second-order valence-electron chi connectivity index (χ2n) is 4.12. The molecule has 0 saturated heterocycles. The van der Waals surface area contributed by atoms with Gasteiger partial charge < -0.3 is 10.5 Å². The van der Waals surface area contributed by atoms with E-state index in [4.69, 9.17) is 10.5 Å². The molecule has 0 bridgehead atoms. The van der Waals surface area contributed by atoms with Crippen LogP contribution in [0.5, 0.6) is 0 Å². The smallest absolute Gasteiger partial charge is 0.331 e. The van der Waals surface area contributed by atoms with E-state index < -0.39 is 5.97 Å². The number of para-hydroxylation sites is 1. The Morgan fingerprint density at radius 2 is 2.10 bits per heavy atom. The fourth-order valence-electron chi connectivity index (χ4n) is 1.68. The van der Waals surface area contributed by atoms with Crippen molar-refractivity contribution in [3.8, 4) is 5.69 Å². The van der Waals surface area contributed by atoms with Crippen molar-refractivity contribution in [3.63, 3.8) is 0 Å². The number of hydrogen-bond donors (Lipinski definition) is 1. The summed E-state index contributed by atoms with van der Waals surface area (Å²) < 4.78 is 6.37. The fourth-order valence-corrected chi connectivity index (χ4v) is 1.68. The van der Waals surface area contributed by atoms with Crippen LogP contribution in [0, 0.1) is 0 Å². The average molecular weight is 272 g/mol. The van der Waals surface area contributed by atoms with Crippen LogP contribution in [-0.2, 0) is 9.53 Å². The fraction of sp³-hybridized carbons (Fsp3) is 0.214. The van der Waals surface area contributed by atoms with Gasteiger partial charge >= 0.3 is 5.97 Å². The summed E-state index contributed by atoms with van der Waals surface area (Å²) in [5.74, 6) is 0.252. The summed E-state index contributed by atoms with van der Waals surface area (Å²) in [6.45, 7) is 3.82. The topological polar surface area (TPSA) is 83.0 Å². The highest BCUT2D eigenvalue weighted by Crippen LogP contribution is 2.15. The van der Waals surface area contributed by atoms with Gasteiger partial charge in [-0.25, -0.2) is 4.79 Å². The number of carbonyl (C=O) groups is 1. The zero-order valence-corrected chi connectivity index (χ0v) is 11.4. The van der Waals surface area contributed by atoms with Crippen LogP contribution in [-0.4, -0.2) is 27.3 Å². The van der Waals surface area contributed by atoms with Gasteiger partial charge in [0.25, 0.3) is 0 Å². The highest BCUT2D eigenvalue weighted by atomic mass is 16.5. The predicted octanol–water partition coefficient (Wildman–Crippen LogP) is 1.82. The average Bonchev–Trinajstić information content (AvgIpc) is 2.82. The van der Waals surface area contributed by atoms with Crippen molar-refractivity contribution in [2.75, 3.05) is 12.3 Å². The molecule has 0 aliphatic rings. The lowest BCUT2D eigenvalue weighted by atomic mass is 10.3. The molecular weight excluding hydrogens is 256 g/mol. The Morgan fingerprint density at radius 3 is 2.75 bits per heavy atom. The minimum Gasteiger partial charge on any atom is -0.463 e. The molecule has 0 atom stereocenters. The van der Waals surface area contributed by atoms with Crippen molar-refractivity contribution in [2.24, 2.45) is 0 Å². The molecule has 6 heteroatoms. The number of esters is 1. The number of anilines is 1. The van der Waals surface area contributed by atoms with Gasteiger partial charge in [-0.05, 0) is 26.0 Å². The van der Waals surface area contributed by atoms with Crippen molar-refractivity contribution in [1.82, 2.24) is 14.8 Å². The van der Waals surface area contributed by atoms with E-state index in [1.807, 2.05) is 30.3 Å². The first-order valence-corrected chi connectivity index (χ1v) is 6.25. The molecule has 20 heavy (non-hydrogen) atoms. The van der Waals surface area contributed by atoms with E-state index in [9.17, 15) is 4.79 Å². The molecule has 0 radical (unpaired) electrons. The van der Waals surface area contributed by atoms with Crippen LogP contribution in [0.2, 0.25) is 0 Å². The Kier molecular flexibility index (Phi) is 4.14. The van der Waals surface area contributed by atoms with Gasteiger partial charge in [0.05, 0.1) is 12.3 Å². The summed E-state index contributed by atoms with van der Waals surface area (Å²) in [6, 6.07) is 9.43. The minimum atomic E-state index is -0.417. The second-order valence-corrected chi connectivity index (χ2v) is 4.12. The third-order valence-electron chi connectivity index (χ3n) is 2.61. The molecule has 0 saturated carbocycles. The molecule has 2 N–H and O–H groups in total. The number of aromatic nitrogens is 3. The lowest BCUT2D eigenvalue weighted by molar-refractivity contribution is -0.137. The number of ether oxygens (including phenoxy) is 1. The zero-order chi connectivity index (χ0) is 14.5. The van der Waals surface area contributed by atoms with Crippen LogP contribution in [0.25, 0.3) is 11.3 Å². The molecule has 6 nitrogen and oxygen atoms in total. The number of hydrogen-bond acceptors (Lipinski definition) is 5. The number of nitrogen functional groups attached to an aromatic ring is 1. The molecule has 0 aliphatic heterocycles. The van der Waals surface area contributed by atoms with E-state index in [1.54, 1.807) is 13.8 Å². The molecule has 0 unspecified atom stereocenters. The van der Waals surface area contributed by atoms with Gasteiger partial charge in [0.1, 0.15) is 0 Å². The molecule has 2 aromatic rings. The Balaban J connectivity index is 2.30. The molecule has 2 rings (SSSR count). The summed E-state index contributed by atoms with van der Waals surface area (Å²) in [5, 5.41) is 4.30. The molecule has 0 spiro atoms. The maximum atomic E-state index is 11.4. The Bertz CT molecular complexity index is 632. The maximum Gasteiger partial charge on any atom is 0.331 e. The monoisotopic (exact) mass is 272 g/mol. The Hall–Kier alpha value is -2.63. The summed E-state index contributed by atoms with van der Waals surface area (Å²) in [4.78, 5) is 15.5. The minimum absolute atomic E-state index is 0.266. The van der Waals surface area contributed by atoms with E-state index in [-0.39, 0.29) is 5.95 Å². The standard InChI is InChI=1S/C14H16N4O2/c1-3-20-12(19)9-10(2)13-16-14(15)18(17-13)11-7-5-4-6-8-11/h4-9H,3H2,1-2H3,(H2,15,16,17)/b10-9+. The van der Waals surface area contributed by atoms with Crippen LogP contribution in [0.4, 0.5) is 5.95 Å². The quantitative estimate of drug-likeness (QED) is 0.678.